The molecule has 0 amide bonds. The summed E-state index contributed by atoms with van der Waals surface area (Å²) in [4.78, 5) is 0. The van der Waals surface area contributed by atoms with Gasteiger partial charge in [0.15, 0.2) is 9.84 Å². The van der Waals surface area contributed by atoms with Crippen molar-refractivity contribution in [3.05, 3.63) is 17.5 Å². The Hall–Kier alpha value is -0.920. The molecule has 0 aromatic carbocycles. The molecule has 0 bridgehead atoms. The molecule has 6 nitrogen and oxygen atoms in total. The largest absolute Gasteiger partial charge is 0.271 e. The predicted octanol–water partition coefficient (Wildman–Crippen LogP) is 0.665. The van der Waals surface area contributed by atoms with Crippen LogP contribution in [0.2, 0.25) is 0 Å². The van der Waals surface area contributed by atoms with E-state index >= 15 is 0 Å². The summed E-state index contributed by atoms with van der Waals surface area (Å²) >= 11 is 0. The van der Waals surface area contributed by atoms with Gasteiger partial charge in [-0.1, -0.05) is 6.92 Å². The molecule has 0 saturated carbocycles. The van der Waals surface area contributed by atoms with Gasteiger partial charge in [-0.05, 0) is 38.2 Å². The molecule has 120 valence electrons. The fourth-order valence-corrected chi connectivity index (χ4v) is 4.93. The number of rotatable bonds is 7. The molecule has 1 saturated heterocycles. The standard InChI is InChI=1S/C14H26N4O2S/c1-3-12-8-14(18(4-2)17-12)9-13(16-15)7-11-5-6-21(19,20)10-11/h8,11,13,16H,3-7,9-10,15H2,1-2H3. The van der Waals surface area contributed by atoms with Crippen LogP contribution in [0.1, 0.15) is 38.1 Å². The van der Waals surface area contributed by atoms with Crippen LogP contribution in [0.25, 0.3) is 0 Å². The molecule has 1 fully saturated rings. The highest BCUT2D eigenvalue weighted by Gasteiger charge is 2.29. The summed E-state index contributed by atoms with van der Waals surface area (Å²) in [6.07, 6.45) is 3.26. The van der Waals surface area contributed by atoms with Crippen molar-refractivity contribution in [2.75, 3.05) is 11.5 Å². The first-order valence-corrected chi connectivity index (χ1v) is 9.51. The molecule has 2 heterocycles. The second-order valence-corrected chi connectivity index (χ2v) is 8.10. The van der Waals surface area contributed by atoms with Crippen molar-refractivity contribution in [3.63, 3.8) is 0 Å². The van der Waals surface area contributed by atoms with Crippen LogP contribution in [-0.4, -0.2) is 35.7 Å². The Morgan fingerprint density at radius 2 is 2.29 bits per heavy atom. The normalized spacial score (nSPS) is 22.5. The number of aryl methyl sites for hydroxylation is 2. The van der Waals surface area contributed by atoms with Crippen molar-refractivity contribution in [2.45, 2.75) is 52.1 Å². The second-order valence-electron chi connectivity index (χ2n) is 5.87. The molecule has 21 heavy (non-hydrogen) atoms. The van der Waals surface area contributed by atoms with Crippen molar-refractivity contribution >= 4 is 9.84 Å². The van der Waals surface area contributed by atoms with Gasteiger partial charge >= 0.3 is 0 Å². The maximum Gasteiger partial charge on any atom is 0.150 e. The summed E-state index contributed by atoms with van der Waals surface area (Å²) in [7, 11) is -2.82. The minimum Gasteiger partial charge on any atom is -0.271 e. The average Bonchev–Trinajstić information content (AvgIpc) is 3.00. The molecule has 7 heteroatoms. The van der Waals surface area contributed by atoms with E-state index in [2.05, 4.69) is 30.4 Å². The Kier molecular flexibility index (Phi) is 5.40. The first-order valence-electron chi connectivity index (χ1n) is 7.69. The zero-order valence-corrected chi connectivity index (χ0v) is 13.7. The molecule has 1 aliphatic heterocycles. The summed E-state index contributed by atoms with van der Waals surface area (Å²) in [5, 5.41) is 4.54. The highest BCUT2D eigenvalue weighted by atomic mass is 32.2. The summed E-state index contributed by atoms with van der Waals surface area (Å²) in [5.74, 6) is 6.52. The molecule has 1 aliphatic rings. The molecule has 0 aliphatic carbocycles. The van der Waals surface area contributed by atoms with Crippen molar-refractivity contribution in [2.24, 2.45) is 11.8 Å². The third kappa shape index (κ3) is 4.28. The highest BCUT2D eigenvalue weighted by molar-refractivity contribution is 7.91. The van der Waals surface area contributed by atoms with E-state index in [1.165, 1.54) is 0 Å². The Bertz CT molecular complexity index is 568. The smallest absolute Gasteiger partial charge is 0.150 e. The molecule has 1 aromatic heterocycles. The van der Waals surface area contributed by atoms with Crippen molar-refractivity contribution in [3.8, 4) is 0 Å². The first kappa shape index (κ1) is 16.5. The molecule has 0 radical (unpaired) electrons. The van der Waals surface area contributed by atoms with E-state index in [0.717, 1.165) is 43.6 Å². The summed E-state index contributed by atoms with van der Waals surface area (Å²) in [6.45, 7) is 5.00. The lowest BCUT2D eigenvalue weighted by Crippen LogP contribution is -2.39. The predicted molar refractivity (Wildman–Crippen MR) is 83.5 cm³/mol. The third-order valence-corrected chi connectivity index (χ3v) is 6.05. The van der Waals surface area contributed by atoms with E-state index in [0.29, 0.717) is 11.5 Å². The van der Waals surface area contributed by atoms with Gasteiger partial charge in [-0.15, -0.1) is 0 Å². The minimum absolute atomic E-state index is 0.0926. The fraction of sp³-hybridized carbons (Fsp3) is 0.786. The Morgan fingerprint density at radius 3 is 2.81 bits per heavy atom. The second kappa shape index (κ2) is 6.89. The number of nitrogens with two attached hydrogens (primary N) is 1. The van der Waals surface area contributed by atoms with E-state index in [9.17, 15) is 8.42 Å². The number of hydrogen-bond acceptors (Lipinski definition) is 5. The number of hydrazine groups is 1. The van der Waals surface area contributed by atoms with E-state index < -0.39 is 9.84 Å². The Morgan fingerprint density at radius 1 is 1.52 bits per heavy atom. The van der Waals surface area contributed by atoms with E-state index in [4.69, 9.17) is 5.84 Å². The molecule has 3 N–H and O–H groups in total. The van der Waals surface area contributed by atoms with Gasteiger partial charge in [0.2, 0.25) is 0 Å². The minimum atomic E-state index is -2.82. The van der Waals surface area contributed by atoms with Crippen LogP contribution in [0, 0.1) is 5.92 Å². The van der Waals surface area contributed by atoms with Gasteiger partial charge in [0.1, 0.15) is 0 Å². The zero-order valence-electron chi connectivity index (χ0n) is 12.9. The van der Waals surface area contributed by atoms with Gasteiger partial charge in [0.25, 0.3) is 0 Å². The fourth-order valence-electron chi connectivity index (χ4n) is 3.05. The summed E-state index contributed by atoms with van der Waals surface area (Å²) < 4.78 is 25.1. The molecule has 2 rings (SSSR count). The third-order valence-electron chi connectivity index (χ3n) is 4.21. The topological polar surface area (TPSA) is 90.0 Å². The maximum absolute atomic E-state index is 11.5. The molecular formula is C14H26N4O2S. The Labute approximate surface area is 127 Å². The molecule has 0 spiro atoms. The van der Waals surface area contributed by atoms with Gasteiger partial charge in [-0.25, -0.2) is 8.42 Å². The number of sulfone groups is 1. The zero-order chi connectivity index (χ0) is 15.5. The van der Waals surface area contributed by atoms with Crippen molar-refractivity contribution in [1.82, 2.24) is 15.2 Å². The molecule has 2 atom stereocenters. The van der Waals surface area contributed by atoms with Crippen molar-refractivity contribution in [1.29, 1.82) is 0 Å². The monoisotopic (exact) mass is 314 g/mol. The van der Waals surface area contributed by atoms with Crippen molar-refractivity contribution < 1.29 is 8.42 Å². The first-order chi connectivity index (χ1) is 9.97. The van der Waals surface area contributed by atoms with Gasteiger partial charge < -0.3 is 0 Å². The van der Waals surface area contributed by atoms with Crippen LogP contribution < -0.4 is 11.3 Å². The molecular weight excluding hydrogens is 288 g/mol. The lowest BCUT2D eigenvalue weighted by molar-refractivity contribution is 0.400. The number of hydrogen-bond donors (Lipinski definition) is 2. The molecule has 1 aromatic rings. The van der Waals surface area contributed by atoms with Gasteiger partial charge in [-0.2, -0.15) is 5.10 Å². The van der Waals surface area contributed by atoms with Crippen LogP contribution >= 0.6 is 0 Å². The Balaban J connectivity index is 2.00. The van der Waals surface area contributed by atoms with Gasteiger partial charge in [-0.3, -0.25) is 16.0 Å². The number of nitrogens with one attached hydrogen (secondary N) is 1. The lowest BCUT2D eigenvalue weighted by atomic mass is 9.96. The highest BCUT2D eigenvalue weighted by Crippen LogP contribution is 2.24. The maximum atomic E-state index is 11.5. The van der Waals surface area contributed by atoms with E-state index in [-0.39, 0.29) is 12.0 Å². The van der Waals surface area contributed by atoms with E-state index in [1.54, 1.807) is 0 Å². The van der Waals surface area contributed by atoms with Gasteiger partial charge in [0, 0.05) is 24.7 Å². The van der Waals surface area contributed by atoms with Gasteiger partial charge in [0.05, 0.1) is 17.2 Å². The number of nitrogens with zero attached hydrogens (tertiary/aromatic N) is 2. The lowest BCUT2D eigenvalue weighted by Gasteiger charge is -2.19. The van der Waals surface area contributed by atoms with Crippen LogP contribution in [0.4, 0.5) is 0 Å². The molecule has 2 unspecified atom stereocenters. The average molecular weight is 314 g/mol. The van der Waals surface area contributed by atoms with Crippen LogP contribution in [0.5, 0.6) is 0 Å². The SMILES string of the molecule is CCc1cc(CC(CC2CCS(=O)(=O)C2)NN)n(CC)n1. The summed E-state index contributed by atoms with van der Waals surface area (Å²) in [5.41, 5.74) is 5.10. The van der Waals surface area contributed by atoms with E-state index in [1.807, 2.05) is 4.68 Å². The summed E-state index contributed by atoms with van der Waals surface area (Å²) in [6, 6.07) is 2.22. The number of aromatic nitrogens is 2. The quantitative estimate of drug-likeness (QED) is 0.570. The van der Waals surface area contributed by atoms with Crippen LogP contribution in [-0.2, 0) is 29.2 Å². The van der Waals surface area contributed by atoms with Crippen LogP contribution in [0.15, 0.2) is 6.07 Å². The van der Waals surface area contributed by atoms with Crippen LogP contribution in [0.3, 0.4) is 0 Å².